The number of fused-ring (bicyclic) bond motifs is 5. The largest absolute Gasteiger partial charge is 0.490 e. The van der Waals surface area contributed by atoms with Gasteiger partial charge in [-0.25, -0.2) is 0 Å². The average molecular weight is 426 g/mol. The number of ether oxygens (including phenoxy) is 1. The highest BCUT2D eigenvalue weighted by molar-refractivity contribution is 5.90. The normalized spacial score (nSPS) is 17.7. The van der Waals surface area contributed by atoms with E-state index in [0.717, 1.165) is 22.3 Å². The van der Waals surface area contributed by atoms with Crippen molar-refractivity contribution in [3.8, 4) is 16.9 Å². The third-order valence-electron chi connectivity index (χ3n) is 4.91. The molecule has 2 aromatic rings. The van der Waals surface area contributed by atoms with E-state index < -0.39 is 24.0 Å². The molecule has 2 aromatic carbocycles. The fourth-order valence-electron chi connectivity index (χ4n) is 3.29. The van der Waals surface area contributed by atoms with Gasteiger partial charge in [-0.05, 0) is 28.8 Å². The maximum absolute atomic E-state index is 12.3. The zero-order valence-corrected chi connectivity index (χ0v) is 17.0. The lowest BCUT2D eigenvalue weighted by Gasteiger charge is -2.19. The first-order valence-electron chi connectivity index (χ1n) is 9.94. The van der Waals surface area contributed by atoms with E-state index in [-0.39, 0.29) is 38.4 Å². The van der Waals surface area contributed by atoms with Gasteiger partial charge in [0.25, 0.3) is 0 Å². The maximum atomic E-state index is 12.3. The van der Waals surface area contributed by atoms with Crippen molar-refractivity contribution in [3.63, 3.8) is 0 Å². The quantitative estimate of drug-likeness (QED) is 0.423. The summed E-state index contributed by atoms with van der Waals surface area (Å²) in [5.74, 6) is -0.970. The zero-order valence-electron chi connectivity index (χ0n) is 17.0. The Morgan fingerprint density at radius 2 is 1.97 bits per heavy atom. The summed E-state index contributed by atoms with van der Waals surface area (Å²) in [4.78, 5) is 36.2. The van der Waals surface area contributed by atoms with Gasteiger partial charge in [0, 0.05) is 18.5 Å². The number of amides is 3. The van der Waals surface area contributed by atoms with Crippen LogP contribution in [0.1, 0.15) is 11.1 Å². The molecule has 0 fully saturated rings. The molecule has 4 bridgehead atoms. The van der Waals surface area contributed by atoms with Gasteiger partial charge in [0.05, 0.1) is 13.0 Å². The Bertz CT molecular complexity index is 978. The van der Waals surface area contributed by atoms with E-state index in [9.17, 15) is 19.5 Å². The number of rotatable bonds is 5. The smallest absolute Gasteiger partial charge is 0.240 e. The predicted octanol–water partition coefficient (Wildman–Crippen LogP) is -0.763. The topological polar surface area (TPSA) is 157 Å². The average Bonchev–Trinajstić information content (AvgIpc) is 2.75. The van der Waals surface area contributed by atoms with E-state index in [1.807, 2.05) is 30.3 Å². The first-order chi connectivity index (χ1) is 14.9. The number of nitrogens with two attached hydrogens (primary N) is 2. The Balaban J connectivity index is 2.03. The Morgan fingerprint density at radius 1 is 1.16 bits per heavy atom. The minimum atomic E-state index is -0.913. The maximum Gasteiger partial charge on any atom is 0.240 e. The van der Waals surface area contributed by atoms with Gasteiger partial charge in [0.1, 0.15) is 24.5 Å². The number of carbonyl (C=O) groups excluding carboxylic acids is 3. The monoisotopic (exact) mass is 426 g/mol. The van der Waals surface area contributed by atoms with Crippen LogP contribution in [0, 0.1) is 0 Å². The summed E-state index contributed by atoms with van der Waals surface area (Å²) in [5.41, 5.74) is 14.0. The van der Waals surface area contributed by atoms with Gasteiger partial charge >= 0.3 is 0 Å². The first kappa shape index (κ1) is 22.3. The summed E-state index contributed by atoms with van der Waals surface area (Å²) in [5, 5.41) is 14.9. The molecule has 1 aliphatic rings. The fraction of sp³-hybridized carbons (Fsp3) is 0.318. The summed E-state index contributed by atoms with van der Waals surface area (Å²) in [6, 6.07) is 11.8. The molecule has 0 spiro atoms. The Hall–Kier alpha value is -3.43. The summed E-state index contributed by atoms with van der Waals surface area (Å²) in [6.07, 6.45) is -0.544. The highest BCUT2D eigenvalue weighted by atomic mass is 16.5. The van der Waals surface area contributed by atoms with Crippen molar-refractivity contribution in [3.05, 3.63) is 53.6 Å². The number of aliphatic hydroxyl groups excluding tert-OH is 1. The van der Waals surface area contributed by atoms with Gasteiger partial charge in [-0.15, -0.1) is 0 Å². The van der Waals surface area contributed by atoms with Crippen molar-refractivity contribution in [2.24, 2.45) is 11.5 Å². The molecule has 0 saturated carbocycles. The highest BCUT2D eigenvalue weighted by Gasteiger charge is 2.20. The molecule has 3 amide bonds. The number of hydrogen-bond acceptors (Lipinski definition) is 6. The summed E-state index contributed by atoms with van der Waals surface area (Å²) >= 11 is 0. The summed E-state index contributed by atoms with van der Waals surface area (Å²) < 4.78 is 5.77. The molecule has 31 heavy (non-hydrogen) atoms. The Kier molecular flexibility index (Phi) is 7.22. The molecular formula is C22H26N4O5. The molecule has 9 heteroatoms. The molecule has 2 atom stereocenters. The third-order valence-corrected chi connectivity index (χ3v) is 4.91. The van der Waals surface area contributed by atoms with Crippen LogP contribution in [-0.2, 0) is 27.2 Å². The van der Waals surface area contributed by atoms with Crippen LogP contribution in [0.2, 0.25) is 0 Å². The van der Waals surface area contributed by atoms with Crippen LogP contribution in [0.15, 0.2) is 42.5 Å². The van der Waals surface area contributed by atoms with E-state index in [0.29, 0.717) is 5.75 Å². The second kappa shape index (κ2) is 10.1. The standard InChI is InChI=1S/C22H26N4O5/c23-10-16(27)12-31-19-5-4-14-7-17(19)15-3-1-2-13(6-15)8-18(22(24)30)26-21(29)11-25-20(28)9-14/h1-7,16,18,27H,8-12,23H2,(H2,24,30)(H,25,28)(H,26,29). The lowest BCUT2D eigenvalue weighted by Crippen LogP contribution is -2.49. The number of benzene rings is 2. The molecule has 0 radical (unpaired) electrons. The van der Waals surface area contributed by atoms with E-state index in [1.54, 1.807) is 12.1 Å². The number of hydrogen-bond donors (Lipinski definition) is 5. The molecule has 0 saturated heterocycles. The second-order valence-electron chi connectivity index (χ2n) is 7.41. The minimum Gasteiger partial charge on any atom is -0.490 e. The molecule has 1 heterocycles. The van der Waals surface area contributed by atoms with Crippen LogP contribution < -0.4 is 26.8 Å². The van der Waals surface area contributed by atoms with Crippen LogP contribution >= 0.6 is 0 Å². The molecule has 9 nitrogen and oxygen atoms in total. The molecule has 164 valence electrons. The van der Waals surface area contributed by atoms with Crippen molar-refractivity contribution in [2.75, 3.05) is 19.7 Å². The molecule has 7 N–H and O–H groups in total. The van der Waals surface area contributed by atoms with E-state index >= 15 is 0 Å². The number of primary amides is 1. The Labute approximate surface area is 179 Å². The van der Waals surface area contributed by atoms with Crippen LogP contribution in [0.3, 0.4) is 0 Å². The van der Waals surface area contributed by atoms with Crippen molar-refractivity contribution >= 4 is 17.7 Å². The third kappa shape index (κ3) is 6.03. The van der Waals surface area contributed by atoms with Crippen molar-refractivity contribution in [1.82, 2.24) is 10.6 Å². The molecule has 0 aliphatic carbocycles. The van der Waals surface area contributed by atoms with Crippen molar-refractivity contribution in [1.29, 1.82) is 0 Å². The van der Waals surface area contributed by atoms with Crippen LogP contribution in [0.4, 0.5) is 0 Å². The minimum absolute atomic E-state index is 0.0266. The zero-order chi connectivity index (χ0) is 22.4. The van der Waals surface area contributed by atoms with Gasteiger partial charge in [0.15, 0.2) is 0 Å². The van der Waals surface area contributed by atoms with E-state index in [1.165, 1.54) is 0 Å². The highest BCUT2D eigenvalue weighted by Crippen LogP contribution is 2.32. The number of nitrogens with one attached hydrogen (secondary N) is 2. The lowest BCUT2D eigenvalue weighted by molar-refractivity contribution is -0.128. The molecule has 3 rings (SSSR count). The van der Waals surface area contributed by atoms with Gasteiger partial charge in [-0.1, -0.05) is 30.3 Å². The first-order valence-corrected chi connectivity index (χ1v) is 9.94. The Morgan fingerprint density at radius 3 is 2.71 bits per heavy atom. The summed E-state index contributed by atoms with van der Waals surface area (Å²) in [6.45, 7) is -0.157. The van der Waals surface area contributed by atoms with Crippen LogP contribution in [0.5, 0.6) is 5.75 Å². The summed E-state index contributed by atoms with van der Waals surface area (Å²) in [7, 11) is 0. The fourth-order valence-corrected chi connectivity index (χ4v) is 3.29. The molecule has 1 aliphatic heterocycles. The second-order valence-corrected chi connectivity index (χ2v) is 7.41. The molecular weight excluding hydrogens is 400 g/mol. The number of aliphatic hydroxyl groups is 1. The van der Waals surface area contributed by atoms with Gasteiger partial charge < -0.3 is 31.9 Å². The van der Waals surface area contributed by atoms with Gasteiger partial charge in [-0.2, -0.15) is 0 Å². The van der Waals surface area contributed by atoms with Gasteiger partial charge in [-0.3, -0.25) is 14.4 Å². The van der Waals surface area contributed by atoms with Crippen LogP contribution in [-0.4, -0.2) is 54.7 Å². The SMILES string of the molecule is NCC(O)COc1ccc2cc1-c1cccc(c1)CC(C(N)=O)NC(=O)CNC(=O)C2. The molecule has 2 unspecified atom stereocenters. The van der Waals surface area contributed by atoms with E-state index in [4.69, 9.17) is 16.2 Å². The molecule has 0 aromatic heterocycles. The van der Waals surface area contributed by atoms with Crippen LogP contribution in [0.25, 0.3) is 11.1 Å². The lowest BCUT2D eigenvalue weighted by atomic mass is 9.96. The van der Waals surface area contributed by atoms with E-state index in [2.05, 4.69) is 10.6 Å². The van der Waals surface area contributed by atoms with Crippen molar-refractivity contribution in [2.45, 2.75) is 25.0 Å². The van der Waals surface area contributed by atoms with Crippen molar-refractivity contribution < 1.29 is 24.2 Å². The van der Waals surface area contributed by atoms with Gasteiger partial charge in [0.2, 0.25) is 17.7 Å². The predicted molar refractivity (Wildman–Crippen MR) is 114 cm³/mol. The number of carbonyl (C=O) groups is 3.